The van der Waals surface area contributed by atoms with E-state index in [9.17, 15) is 37.8 Å². The monoisotopic (exact) mass is 482 g/mol. The Balaban J connectivity index is 3.61. The molecule has 1 rings (SSSR count). The summed E-state index contributed by atoms with van der Waals surface area (Å²) in [6.45, 7) is 0. The van der Waals surface area contributed by atoms with Crippen molar-refractivity contribution in [3.63, 3.8) is 0 Å². The van der Waals surface area contributed by atoms with Gasteiger partial charge in [-0.1, -0.05) is 24.3 Å². The zero-order valence-corrected chi connectivity index (χ0v) is 18.9. The van der Waals surface area contributed by atoms with Crippen LogP contribution in [0.2, 0.25) is 0 Å². The van der Waals surface area contributed by atoms with E-state index in [-0.39, 0.29) is 11.1 Å². The number of benzene rings is 1. The molecule has 28 heavy (non-hydrogen) atoms. The third kappa shape index (κ3) is 5.49. The van der Waals surface area contributed by atoms with E-state index in [1.807, 2.05) is 0 Å². The Morgan fingerprint density at radius 3 is 1.07 bits per heavy atom. The van der Waals surface area contributed by atoms with Crippen LogP contribution in [0.5, 0.6) is 0 Å². The van der Waals surface area contributed by atoms with Crippen LogP contribution in [0.4, 0.5) is 0 Å². The molecule has 0 spiro atoms. The van der Waals surface area contributed by atoms with Crippen LogP contribution in [0.15, 0.2) is 24.3 Å². The highest BCUT2D eigenvalue weighted by molar-refractivity contribution is 7.72. The second-order valence-corrected chi connectivity index (χ2v) is 14.3. The molecule has 0 aliphatic rings. The maximum atomic E-state index is 12.9. The van der Waals surface area contributed by atoms with Gasteiger partial charge in [0.2, 0.25) is 0 Å². The zero-order chi connectivity index (χ0) is 22.0. The van der Waals surface area contributed by atoms with Gasteiger partial charge in [0, 0.05) is 28.4 Å². The van der Waals surface area contributed by atoms with Crippen LogP contribution in [0.1, 0.15) is 21.9 Å². The highest BCUT2D eigenvalue weighted by Crippen LogP contribution is 2.78. The molecule has 0 aliphatic carbocycles. The predicted molar refractivity (Wildman–Crippen MR) is 99.3 cm³/mol. The Kier molecular flexibility index (Phi) is 8.60. The molecular formula is C12H22O12P4. The van der Waals surface area contributed by atoms with Crippen molar-refractivity contribution in [3.05, 3.63) is 35.4 Å². The predicted octanol–water partition coefficient (Wildman–Crippen LogP) is 3.01. The fourth-order valence-corrected chi connectivity index (χ4v) is 9.89. The second-order valence-electron chi connectivity index (χ2n) is 5.40. The van der Waals surface area contributed by atoms with Crippen LogP contribution in [0.25, 0.3) is 0 Å². The molecule has 0 atom stereocenters. The fraction of sp³-hybridized carbons (Fsp3) is 0.500. The maximum Gasteiger partial charge on any atom is 0.349 e. The van der Waals surface area contributed by atoms with Gasteiger partial charge >= 0.3 is 30.4 Å². The third-order valence-electron chi connectivity index (χ3n) is 3.79. The first-order chi connectivity index (χ1) is 12.7. The van der Waals surface area contributed by atoms with Gasteiger partial charge in [0.15, 0.2) is 10.8 Å². The van der Waals surface area contributed by atoms with E-state index in [2.05, 4.69) is 0 Å². The summed E-state index contributed by atoms with van der Waals surface area (Å²) >= 11 is 0. The standard InChI is InChI=1S/C12H22O12P4/c1-21-27(19,22-2)12(28(20,23-3)24-4)10-7-5-9(6-8-10)11(25(13,14)15)26(16,17)18/h5-8,11-12H,1-4H3,(H2,13,14,15)(H2,16,17,18). The van der Waals surface area contributed by atoms with Crippen LogP contribution >= 0.6 is 30.4 Å². The molecule has 0 fully saturated rings. The Morgan fingerprint density at radius 2 is 0.857 bits per heavy atom. The van der Waals surface area contributed by atoms with Crippen molar-refractivity contribution in [2.24, 2.45) is 0 Å². The van der Waals surface area contributed by atoms with E-state index in [0.29, 0.717) is 0 Å². The van der Waals surface area contributed by atoms with Gasteiger partial charge < -0.3 is 37.7 Å². The van der Waals surface area contributed by atoms with Gasteiger partial charge in [0.25, 0.3) is 0 Å². The first-order valence-corrected chi connectivity index (χ1v) is 13.9. The molecule has 0 saturated carbocycles. The van der Waals surface area contributed by atoms with Crippen molar-refractivity contribution in [2.75, 3.05) is 28.4 Å². The van der Waals surface area contributed by atoms with Crippen molar-refractivity contribution in [1.82, 2.24) is 0 Å². The summed E-state index contributed by atoms with van der Waals surface area (Å²) in [5, 5.41) is -3.96. The number of hydrogen-bond donors (Lipinski definition) is 4. The molecule has 0 saturated heterocycles. The summed E-state index contributed by atoms with van der Waals surface area (Å²) in [5.74, 6) is 0. The van der Waals surface area contributed by atoms with Gasteiger partial charge in [0.05, 0.1) is 0 Å². The summed E-state index contributed by atoms with van der Waals surface area (Å²) < 4.78 is 68.5. The molecule has 0 amide bonds. The average molecular weight is 482 g/mol. The van der Waals surface area contributed by atoms with Gasteiger partial charge in [-0.25, -0.2) is 0 Å². The Bertz CT molecular complexity index is 792. The summed E-state index contributed by atoms with van der Waals surface area (Å²) in [6, 6.07) is 4.23. The zero-order valence-electron chi connectivity index (χ0n) is 15.3. The molecule has 1 aromatic carbocycles. The number of hydrogen-bond acceptors (Lipinski definition) is 8. The molecule has 0 heterocycles. The minimum atomic E-state index is -5.22. The molecule has 1 aromatic rings. The van der Waals surface area contributed by atoms with Gasteiger partial charge in [-0.3, -0.25) is 18.3 Å². The topological polar surface area (TPSA) is 186 Å². The molecule has 12 nitrogen and oxygen atoms in total. The lowest BCUT2D eigenvalue weighted by molar-refractivity contribution is 0.247. The summed E-state index contributed by atoms with van der Waals surface area (Å²) in [4.78, 5) is 37.2. The molecule has 0 bridgehead atoms. The maximum absolute atomic E-state index is 12.9. The van der Waals surface area contributed by atoms with E-state index in [1.54, 1.807) is 0 Å². The van der Waals surface area contributed by atoms with Crippen molar-refractivity contribution in [1.29, 1.82) is 0 Å². The average Bonchev–Trinajstić information content (AvgIpc) is 2.60. The van der Waals surface area contributed by atoms with E-state index >= 15 is 0 Å². The lowest BCUT2D eigenvalue weighted by Crippen LogP contribution is -2.08. The normalized spacial score (nSPS) is 14.1. The third-order valence-corrected chi connectivity index (χ3v) is 13.0. The van der Waals surface area contributed by atoms with Gasteiger partial charge in [0.1, 0.15) is 0 Å². The van der Waals surface area contributed by atoms with E-state index in [0.717, 1.165) is 52.7 Å². The molecule has 0 aliphatic heterocycles. The largest absolute Gasteiger partial charge is 0.349 e. The molecule has 0 unspecified atom stereocenters. The van der Waals surface area contributed by atoms with Gasteiger partial charge in [-0.05, 0) is 11.1 Å². The molecule has 162 valence electrons. The molecule has 16 heteroatoms. The first-order valence-electron chi connectivity index (χ1n) is 7.33. The molecule has 0 radical (unpaired) electrons. The second kappa shape index (κ2) is 9.31. The number of rotatable bonds is 10. The van der Waals surface area contributed by atoms with Crippen LogP contribution < -0.4 is 0 Å². The minimum Gasteiger partial charge on any atom is -0.324 e. The minimum absolute atomic E-state index is 0.0120. The van der Waals surface area contributed by atoms with Crippen molar-refractivity contribution in [2.45, 2.75) is 10.8 Å². The molecular weight excluding hydrogens is 460 g/mol. The van der Waals surface area contributed by atoms with Crippen LogP contribution in [0.3, 0.4) is 0 Å². The fourth-order valence-electron chi connectivity index (χ4n) is 2.51. The van der Waals surface area contributed by atoms with Gasteiger partial charge in [-0.2, -0.15) is 0 Å². The highest BCUT2D eigenvalue weighted by atomic mass is 31.2. The molecule has 0 aromatic heterocycles. The lowest BCUT2D eigenvalue weighted by atomic mass is 10.2. The van der Waals surface area contributed by atoms with Crippen LogP contribution in [-0.4, -0.2) is 48.0 Å². The van der Waals surface area contributed by atoms with E-state index in [4.69, 9.17) is 18.1 Å². The Labute approximate surface area is 161 Å². The molecule has 4 N–H and O–H groups in total. The summed E-state index contributed by atoms with van der Waals surface area (Å²) in [7, 11) is -14.4. The lowest BCUT2D eigenvalue weighted by Gasteiger charge is -2.29. The quantitative estimate of drug-likeness (QED) is 0.358. The Morgan fingerprint density at radius 1 is 0.607 bits per heavy atom. The van der Waals surface area contributed by atoms with Crippen LogP contribution in [0, 0.1) is 0 Å². The SMILES string of the molecule is COP(=O)(OC)C(c1ccc(C(P(=O)(O)O)P(=O)(O)O)cc1)P(=O)(OC)OC. The smallest absolute Gasteiger partial charge is 0.324 e. The van der Waals surface area contributed by atoms with Crippen molar-refractivity contribution >= 4 is 30.4 Å². The summed E-state index contributed by atoms with van der Waals surface area (Å²) in [6.07, 6.45) is 0. The summed E-state index contributed by atoms with van der Waals surface area (Å²) in [5.41, 5.74) is -0.364. The van der Waals surface area contributed by atoms with Crippen LogP contribution in [-0.2, 0) is 36.4 Å². The van der Waals surface area contributed by atoms with Crippen molar-refractivity contribution in [3.8, 4) is 0 Å². The van der Waals surface area contributed by atoms with E-state index in [1.165, 1.54) is 0 Å². The highest BCUT2D eigenvalue weighted by Gasteiger charge is 2.51. The van der Waals surface area contributed by atoms with Gasteiger partial charge in [-0.15, -0.1) is 0 Å². The first kappa shape index (κ1) is 25.9. The van der Waals surface area contributed by atoms with Crippen molar-refractivity contribution < 1.29 is 55.9 Å². The van der Waals surface area contributed by atoms with E-state index < -0.39 is 41.2 Å². The Hall–Kier alpha value is -0.180.